The summed E-state index contributed by atoms with van der Waals surface area (Å²) in [7, 11) is 0. The van der Waals surface area contributed by atoms with E-state index in [1.165, 1.54) is 17.4 Å². The van der Waals surface area contributed by atoms with Gasteiger partial charge < -0.3 is 10.5 Å². The molecule has 0 aliphatic carbocycles. The first-order valence-electron chi connectivity index (χ1n) is 5.70. The van der Waals surface area contributed by atoms with Gasteiger partial charge in [0.15, 0.2) is 11.6 Å². The van der Waals surface area contributed by atoms with Crippen LogP contribution in [0.1, 0.15) is 17.9 Å². The molecular weight excluding hydrogens is 416 g/mol. The van der Waals surface area contributed by atoms with Crippen molar-refractivity contribution in [2.45, 2.75) is 19.1 Å². The summed E-state index contributed by atoms with van der Waals surface area (Å²) >= 11 is 7.91. The largest absolute Gasteiger partial charge is 0.480 e. The van der Waals surface area contributed by atoms with Crippen LogP contribution in [0.3, 0.4) is 0 Å². The Hall–Kier alpha value is -0.500. The second-order valence-electron chi connectivity index (χ2n) is 4.24. The first kappa shape index (κ1) is 15.9. The minimum atomic E-state index is -1.02. The van der Waals surface area contributed by atoms with Crippen LogP contribution < -0.4 is 10.5 Å². The molecule has 0 amide bonds. The number of ether oxygens (including phenoxy) is 1. The molecule has 2 unspecified atom stereocenters. The van der Waals surface area contributed by atoms with Crippen LogP contribution in [-0.2, 0) is 0 Å². The number of benzene rings is 1. The number of thiophene rings is 1. The van der Waals surface area contributed by atoms with Crippen LogP contribution in [0.2, 0.25) is 0 Å². The van der Waals surface area contributed by atoms with Crippen molar-refractivity contribution in [3.63, 3.8) is 0 Å². The molecular formula is C13H11Br2F2NOS. The predicted octanol–water partition coefficient (Wildman–Crippen LogP) is 5.02. The van der Waals surface area contributed by atoms with Crippen molar-refractivity contribution in [1.29, 1.82) is 0 Å². The van der Waals surface area contributed by atoms with E-state index in [-0.39, 0.29) is 11.8 Å². The highest BCUT2D eigenvalue weighted by molar-refractivity contribution is 9.11. The molecule has 108 valence electrons. The molecule has 1 aromatic heterocycles. The summed E-state index contributed by atoms with van der Waals surface area (Å²) in [6.45, 7) is 1.75. The SMILES string of the molecule is CC(N)C(Oc1cc(Br)cc(F)c1F)c1ccc(Br)s1. The van der Waals surface area contributed by atoms with Gasteiger partial charge in [0.2, 0.25) is 5.82 Å². The van der Waals surface area contributed by atoms with E-state index in [1.807, 2.05) is 12.1 Å². The summed E-state index contributed by atoms with van der Waals surface area (Å²) < 4.78 is 34.0. The summed E-state index contributed by atoms with van der Waals surface area (Å²) in [4.78, 5) is 0.839. The number of halogens is 4. The van der Waals surface area contributed by atoms with Gasteiger partial charge in [-0.05, 0) is 47.1 Å². The standard InChI is InChI=1S/C13H11Br2F2NOS/c1-6(18)13(10-2-3-11(15)20-10)19-9-5-7(14)4-8(16)12(9)17/h2-6,13H,18H2,1H3. The molecule has 0 aliphatic rings. The van der Waals surface area contributed by atoms with Gasteiger partial charge >= 0.3 is 0 Å². The molecule has 0 saturated carbocycles. The lowest BCUT2D eigenvalue weighted by atomic mass is 10.1. The lowest BCUT2D eigenvalue weighted by Gasteiger charge is -2.22. The maximum absolute atomic E-state index is 13.8. The van der Waals surface area contributed by atoms with Crippen molar-refractivity contribution in [3.8, 4) is 5.75 Å². The molecule has 20 heavy (non-hydrogen) atoms. The number of hydrogen-bond donors (Lipinski definition) is 1. The fourth-order valence-corrected chi connectivity index (χ4v) is 3.64. The van der Waals surface area contributed by atoms with E-state index in [2.05, 4.69) is 31.9 Å². The average Bonchev–Trinajstić information content (AvgIpc) is 2.77. The van der Waals surface area contributed by atoms with Crippen molar-refractivity contribution in [1.82, 2.24) is 0 Å². The van der Waals surface area contributed by atoms with E-state index < -0.39 is 17.7 Å². The van der Waals surface area contributed by atoms with Crippen LogP contribution in [0.25, 0.3) is 0 Å². The molecule has 2 N–H and O–H groups in total. The second-order valence-corrected chi connectivity index (χ2v) is 7.65. The number of rotatable bonds is 4. The van der Waals surface area contributed by atoms with Crippen LogP contribution in [0.4, 0.5) is 8.78 Å². The van der Waals surface area contributed by atoms with E-state index in [9.17, 15) is 8.78 Å². The Labute approximate surface area is 136 Å². The Bertz CT molecular complexity index is 618. The van der Waals surface area contributed by atoms with Crippen molar-refractivity contribution in [3.05, 3.63) is 49.0 Å². The Morgan fingerprint density at radius 1 is 1.25 bits per heavy atom. The highest BCUT2D eigenvalue weighted by atomic mass is 79.9. The fraction of sp³-hybridized carbons (Fsp3) is 0.231. The van der Waals surface area contributed by atoms with E-state index in [1.54, 1.807) is 6.92 Å². The maximum Gasteiger partial charge on any atom is 0.200 e. The van der Waals surface area contributed by atoms with Crippen LogP contribution in [-0.4, -0.2) is 6.04 Å². The lowest BCUT2D eigenvalue weighted by molar-refractivity contribution is 0.174. The maximum atomic E-state index is 13.8. The zero-order valence-corrected chi connectivity index (χ0v) is 14.4. The van der Waals surface area contributed by atoms with Crippen LogP contribution >= 0.6 is 43.2 Å². The minimum Gasteiger partial charge on any atom is -0.480 e. The smallest absolute Gasteiger partial charge is 0.200 e. The zero-order chi connectivity index (χ0) is 14.9. The van der Waals surface area contributed by atoms with Gasteiger partial charge in [-0.1, -0.05) is 15.9 Å². The predicted molar refractivity (Wildman–Crippen MR) is 83.1 cm³/mol. The van der Waals surface area contributed by atoms with Gasteiger partial charge in [-0.2, -0.15) is 4.39 Å². The van der Waals surface area contributed by atoms with Crippen molar-refractivity contribution in [2.24, 2.45) is 5.73 Å². The lowest BCUT2D eigenvalue weighted by Crippen LogP contribution is -2.28. The molecule has 0 saturated heterocycles. The van der Waals surface area contributed by atoms with Crippen LogP contribution in [0, 0.1) is 11.6 Å². The third kappa shape index (κ3) is 3.58. The number of nitrogens with two attached hydrogens (primary N) is 1. The highest BCUT2D eigenvalue weighted by Gasteiger charge is 2.23. The summed E-state index contributed by atoms with van der Waals surface area (Å²) in [5, 5.41) is 0. The summed E-state index contributed by atoms with van der Waals surface area (Å²) in [6.07, 6.45) is -0.547. The molecule has 1 heterocycles. The first-order valence-corrected chi connectivity index (χ1v) is 8.10. The molecule has 2 rings (SSSR count). The molecule has 2 aromatic rings. The van der Waals surface area contributed by atoms with Gasteiger partial charge in [0.05, 0.1) is 3.79 Å². The molecule has 0 fully saturated rings. The monoisotopic (exact) mass is 425 g/mol. The molecule has 1 aromatic carbocycles. The van der Waals surface area contributed by atoms with E-state index in [4.69, 9.17) is 10.5 Å². The third-order valence-electron chi connectivity index (χ3n) is 2.57. The van der Waals surface area contributed by atoms with Gasteiger partial charge in [-0.25, -0.2) is 4.39 Å². The van der Waals surface area contributed by atoms with Crippen molar-refractivity contribution < 1.29 is 13.5 Å². The highest BCUT2D eigenvalue weighted by Crippen LogP contribution is 2.34. The fourth-order valence-electron chi connectivity index (χ4n) is 1.66. The first-order chi connectivity index (χ1) is 9.38. The molecule has 0 bridgehead atoms. The molecule has 2 nitrogen and oxygen atoms in total. The molecule has 0 radical (unpaired) electrons. The van der Waals surface area contributed by atoms with E-state index in [0.29, 0.717) is 4.47 Å². The van der Waals surface area contributed by atoms with Crippen molar-refractivity contribution in [2.75, 3.05) is 0 Å². The summed E-state index contributed by atoms with van der Waals surface area (Å²) in [5.74, 6) is -2.15. The third-order valence-corrected chi connectivity index (χ3v) is 4.71. The van der Waals surface area contributed by atoms with Crippen LogP contribution in [0.5, 0.6) is 5.75 Å². The summed E-state index contributed by atoms with van der Waals surface area (Å²) in [6, 6.07) is 5.76. The van der Waals surface area contributed by atoms with Gasteiger partial charge in [-0.3, -0.25) is 0 Å². The zero-order valence-electron chi connectivity index (χ0n) is 10.4. The van der Waals surface area contributed by atoms with Gasteiger partial charge in [0, 0.05) is 15.4 Å². The molecule has 0 aliphatic heterocycles. The second kappa shape index (κ2) is 6.51. The molecule has 0 spiro atoms. The quantitative estimate of drug-likeness (QED) is 0.696. The minimum absolute atomic E-state index is 0.163. The Kier molecular flexibility index (Phi) is 5.17. The Morgan fingerprint density at radius 2 is 1.95 bits per heavy atom. The van der Waals surface area contributed by atoms with Crippen LogP contribution in [0.15, 0.2) is 32.5 Å². The molecule has 2 atom stereocenters. The van der Waals surface area contributed by atoms with E-state index >= 15 is 0 Å². The number of hydrogen-bond acceptors (Lipinski definition) is 3. The topological polar surface area (TPSA) is 35.2 Å². The normalized spacial score (nSPS) is 14.1. The Balaban J connectivity index is 2.34. The van der Waals surface area contributed by atoms with E-state index in [0.717, 1.165) is 14.7 Å². The Morgan fingerprint density at radius 3 is 2.50 bits per heavy atom. The molecule has 7 heteroatoms. The van der Waals surface area contributed by atoms with Gasteiger partial charge in [0.25, 0.3) is 0 Å². The average molecular weight is 427 g/mol. The van der Waals surface area contributed by atoms with Gasteiger partial charge in [-0.15, -0.1) is 11.3 Å². The van der Waals surface area contributed by atoms with Crippen molar-refractivity contribution >= 4 is 43.2 Å². The van der Waals surface area contributed by atoms with Gasteiger partial charge in [0.1, 0.15) is 6.10 Å². The summed E-state index contributed by atoms with van der Waals surface area (Å²) in [5.41, 5.74) is 5.89.